The van der Waals surface area contributed by atoms with Gasteiger partial charge in [0.2, 0.25) is 0 Å². The van der Waals surface area contributed by atoms with Crippen LogP contribution in [0.15, 0.2) is 0 Å². The van der Waals surface area contributed by atoms with Crippen molar-refractivity contribution in [2.75, 3.05) is 12.4 Å². The first-order valence-electron chi connectivity index (χ1n) is 3.84. The van der Waals surface area contributed by atoms with Crippen LogP contribution in [0.3, 0.4) is 0 Å². The van der Waals surface area contributed by atoms with E-state index < -0.39 is 10.3 Å². The summed E-state index contributed by atoms with van der Waals surface area (Å²) in [5, 5.41) is 0. The third kappa shape index (κ3) is 10.2. The van der Waals surface area contributed by atoms with Crippen molar-refractivity contribution in [3.8, 4) is 0 Å². The number of halogens is 1. The van der Waals surface area contributed by atoms with Gasteiger partial charge in [-0.15, -0.1) is 11.6 Å². The second-order valence-corrected chi connectivity index (χ2v) is 4.09. The maximum atomic E-state index is 10.1. The predicted molar refractivity (Wildman–Crippen MR) is 48.7 cm³/mol. The second kappa shape index (κ2) is 6.65. The molecule has 2 N–H and O–H groups in total. The summed E-state index contributed by atoms with van der Waals surface area (Å²) < 4.78 is 30.5. The summed E-state index contributed by atoms with van der Waals surface area (Å²) in [6, 6.07) is 0. The van der Waals surface area contributed by atoms with E-state index in [1.54, 1.807) is 0 Å². The SMILES string of the molecule is O=S(=O)(O)NCCCCCCCl. The van der Waals surface area contributed by atoms with Crippen molar-refractivity contribution in [2.45, 2.75) is 25.7 Å². The second-order valence-electron chi connectivity index (χ2n) is 2.47. The number of hydrogen-bond acceptors (Lipinski definition) is 2. The Bertz CT molecular complexity index is 193. The van der Waals surface area contributed by atoms with Gasteiger partial charge in [-0.2, -0.15) is 13.1 Å². The van der Waals surface area contributed by atoms with Gasteiger partial charge < -0.3 is 0 Å². The number of rotatable bonds is 7. The molecule has 0 aromatic rings. The van der Waals surface area contributed by atoms with Gasteiger partial charge in [-0.25, -0.2) is 0 Å². The molecular formula is C6H14ClNO3S. The van der Waals surface area contributed by atoms with Crippen LogP contribution in [0.4, 0.5) is 0 Å². The van der Waals surface area contributed by atoms with E-state index in [9.17, 15) is 8.42 Å². The van der Waals surface area contributed by atoms with Crippen LogP contribution < -0.4 is 4.72 Å². The zero-order chi connectivity index (χ0) is 9.45. The molecule has 0 saturated heterocycles. The number of unbranched alkanes of at least 4 members (excludes halogenated alkanes) is 3. The van der Waals surface area contributed by atoms with Gasteiger partial charge >= 0.3 is 10.3 Å². The van der Waals surface area contributed by atoms with Crippen LogP contribution in [0.2, 0.25) is 0 Å². The van der Waals surface area contributed by atoms with Crippen molar-refractivity contribution in [2.24, 2.45) is 0 Å². The monoisotopic (exact) mass is 215 g/mol. The molecule has 0 aromatic heterocycles. The maximum absolute atomic E-state index is 10.1. The van der Waals surface area contributed by atoms with E-state index in [-0.39, 0.29) is 0 Å². The molecule has 0 aliphatic rings. The molecule has 0 bridgehead atoms. The van der Waals surface area contributed by atoms with Crippen LogP contribution in [0.1, 0.15) is 25.7 Å². The van der Waals surface area contributed by atoms with Crippen molar-refractivity contribution in [3.05, 3.63) is 0 Å². The Morgan fingerprint density at radius 3 is 2.25 bits per heavy atom. The third-order valence-electron chi connectivity index (χ3n) is 1.34. The third-order valence-corrected chi connectivity index (χ3v) is 2.18. The predicted octanol–water partition coefficient (Wildman–Crippen LogP) is 1.18. The minimum absolute atomic E-state index is 0.293. The average molecular weight is 216 g/mol. The molecule has 0 heterocycles. The molecule has 12 heavy (non-hydrogen) atoms. The quantitative estimate of drug-likeness (QED) is 0.381. The molecule has 0 aliphatic carbocycles. The molecule has 0 fully saturated rings. The van der Waals surface area contributed by atoms with Gasteiger partial charge in [-0.3, -0.25) is 4.55 Å². The highest BCUT2D eigenvalue weighted by Crippen LogP contribution is 1.99. The molecule has 0 spiro atoms. The largest absolute Gasteiger partial charge is 0.333 e. The molecule has 0 rings (SSSR count). The van der Waals surface area contributed by atoms with Crippen molar-refractivity contribution in [1.29, 1.82) is 0 Å². The van der Waals surface area contributed by atoms with Gasteiger partial charge in [0, 0.05) is 12.4 Å². The van der Waals surface area contributed by atoms with Gasteiger partial charge in [-0.05, 0) is 12.8 Å². The summed E-state index contributed by atoms with van der Waals surface area (Å²) >= 11 is 5.44. The van der Waals surface area contributed by atoms with Gasteiger partial charge in [0.05, 0.1) is 0 Å². The molecular weight excluding hydrogens is 202 g/mol. The van der Waals surface area contributed by atoms with Gasteiger partial charge in [-0.1, -0.05) is 12.8 Å². The summed E-state index contributed by atoms with van der Waals surface area (Å²) in [6.07, 6.45) is 3.61. The van der Waals surface area contributed by atoms with E-state index in [0.717, 1.165) is 25.7 Å². The highest BCUT2D eigenvalue weighted by atomic mass is 35.5. The normalized spacial score (nSPS) is 11.8. The average Bonchev–Trinajstić information content (AvgIpc) is 1.94. The number of hydrogen-bond donors (Lipinski definition) is 2. The summed E-state index contributed by atoms with van der Waals surface area (Å²) in [7, 11) is -3.99. The standard InChI is InChI=1S/C6H14ClNO3S/c7-5-3-1-2-4-6-8-12(9,10)11/h8H,1-6H2,(H,9,10,11). The maximum Gasteiger partial charge on any atom is 0.333 e. The lowest BCUT2D eigenvalue weighted by Gasteiger charge is -1.99. The fourth-order valence-corrected chi connectivity index (χ4v) is 1.37. The van der Waals surface area contributed by atoms with Gasteiger partial charge in [0.15, 0.2) is 0 Å². The van der Waals surface area contributed by atoms with E-state index in [4.69, 9.17) is 16.2 Å². The highest BCUT2D eigenvalue weighted by molar-refractivity contribution is 7.83. The van der Waals surface area contributed by atoms with Crippen molar-refractivity contribution in [3.63, 3.8) is 0 Å². The first kappa shape index (κ1) is 12.2. The Balaban J connectivity index is 3.12. The Morgan fingerprint density at radius 2 is 1.75 bits per heavy atom. The Morgan fingerprint density at radius 1 is 1.17 bits per heavy atom. The minimum Gasteiger partial charge on any atom is -0.273 e. The fourth-order valence-electron chi connectivity index (χ4n) is 0.774. The van der Waals surface area contributed by atoms with Crippen LogP contribution in [0, 0.1) is 0 Å². The number of alkyl halides is 1. The van der Waals surface area contributed by atoms with E-state index >= 15 is 0 Å². The van der Waals surface area contributed by atoms with Crippen molar-refractivity contribution >= 4 is 21.9 Å². The molecule has 0 aliphatic heterocycles. The molecule has 4 nitrogen and oxygen atoms in total. The molecule has 74 valence electrons. The van der Waals surface area contributed by atoms with E-state index in [2.05, 4.69) is 0 Å². The van der Waals surface area contributed by atoms with Crippen LogP contribution >= 0.6 is 11.6 Å². The first-order chi connectivity index (χ1) is 5.56. The molecule has 0 radical (unpaired) electrons. The van der Waals surface area contributed by atoms with Crippen molar-refractivity contribution in [1.82, 2.24) is 4.72 Å². The summed E-state index contributed by atoms with van der Waals surface area (Å²) in [6.45, 7) is 0.293. The highest BCUT2D eigenvalue weighted by Gasteiger charge is 1.99. The number of nitrogens with one attached hydrogen (secondary N) is 1. The lowest BCUT2D eigenvalue weighted by atomic mass is 10.2. The van der Waals surface area contributed by atoms with Crippen LogP contribution in [0.25, 0.3) is 0 Å². The lowest BCUT2D eigenvalue weighted by molar-refractivity contribution is 0.465. The smallest absolute Gasteiger partial charge is 0.273 e. The summed E-state index contributed by atoms with van der Waals surface area (Å²) in [4.78, 5) is 0. The lowest BCUT2D eigenvalue weighted by Crippen LogP contribution is -2.23. The Kier molecular flexibility index (Phi) is 6.74. The fraction of sp³-hybridized carbons (Fsp3) is 1.00. The van der Waals surface area contributed by atoms with Gasteiger partial charge in [0.1, 0.15) is 0 Å². The zero-order valence-corrected chi connectivity index (χ0v) is 8.36. The molecule has 0 unspecified atom stereocenters. The summed E-state index contributed by atoms with van der Waals surface area (Å²) in [5.41, 5.74) is 0. The Labute approximate surface area is 78.2 Å². The molecule has 0 aromatic carbocycles. The zero-order valence-electron chi connectivity index (χ0n) is 6.79. The molecule has 0 atom stereocenters. The van der Waals surface area contributed by atoms with E-state index in [1.807, 2.05) is 4.72 Å². The minimum atomic E-state index is -3.99. The summed E-state index contributed by atoms with van der Waals surface area (Å²) in [5.74, 6) is 0.645. The van der Waals surface area contributed by atoms with Gasteiger partial charge in [0.25, 0.3) is 0 Å². The van der Waals surface area contributed by atoms with E-state index in [1.165, 1.54) is 0 Å². The molecule has 0 amide bonds. The molecule has 0 saturated carbocycles. The first-order valence-corrected chi connectivity index (χ1v) is 5.82. The van der Waals surface area contributed by atoms with Crippen LogP contribution in [0.5, 0.6) is 0 Å². The van der Waals surface area contributed by atoms with Crippen LogP contribution in [-0.4, -0.2) is 25.4 Å². The van der Waals surface area contributed by atoms with Crippen molar-refractivity contribution < 1.29 is 13.0 Å². The topological polar surface area (TPSA) is 66.4 Å². The Hall–Kier alpha value is 0.160. The van der Waals surface area contributed by atoms with Crippen LogP contribution in [-0.2, 0) is 10.3 Å². The molecule has 6 heteroatoms. The van der Waals surface area contributed by atoms with E-state index in [0.29, 0.717) is 12.4 Å².